The zero-order valence-corrected chi connectivity index (χ0v) is 19.3. The van der Waals surface area contributed by atoms with Crippen LogP contribution in [-0.4, -0.2) is 42.7 Å². The molecule has 2 N–H and O–H groups in total. The Morgan fingerprint density at radius 3 is 1.75 bits per heavy atom. The molecule has 0 aliphatic carbocycles. The number of rotatable bonds is 6. The third-order valence-corrected chi connectivity index (χ3v) is 5.44. The molecule has 0 bridgehead atoms. The molecule has 0 fully saturated rings. The van der Waals surface area contributed by atoms with E-state index >= 15 is 0 Å². The molecule has 2 aromatic carbocycles. The van der Waals surface area contributed by atoms with Crippen molar-refractivity contribution in [3.8, 4) is 11.5 Å². The summed E-state index contributed by atoms with van der Waals surface area (Å²) in [5.74, 6) is 0.316. The molecule has 1 aliphatic heterocycles. The normalized spacial score (nSPS) is 13.1. The fourth-order valence-corrected chi connectivity index (χ4v) is 3.58. The summed E-state index contributed by atoms with van der Waals surface area (Å²) >= 11 is 0. The summed E-state index contributed by atoms with van der Waals surface area (Å²) < 4.78 is 15.5. The number of fused-ring (bicyclic) bond motifs is 2. The summed E-state index contributed by atoms with van der Waals surface area (Å²) in [6, 6.07) is 10.5. The number of carbonyl (C=O) groups is 2. The van der Waals surface area contributed by atoms with Crippen LogP contribution in [0, 0.1) is 0 Å². The Morgan fingerprint density at radius 1 is 0.906 bits per heavy atom. The van der Waals surface area contributed by atoms with Crippen molar-refractivity contribution < 1.29 is 34.0 Å². The molecular formula is C25H32O7. The van der Waals surface area contributed by atoms with Crippen LogP contribution in [-0.2, 0) is 14.9 Å². The van der Waals surface area contributed by atoms with E-state index in [1.54, 1.807) is 24.3 Å². The topological polar surface area (TPSA) is 102 Å². The largest absolute Gasteiger partial charge is 0.465 e. The van der Waals surface area contributed by atoms with Crippen molar-refractivity contribution in [2.45, 2.75) is 58.2 Å². The van der Waals surface area contributed by atoms with Gasteiger partial charge in [0.05, 0.1) is 25.3 Å². The quantitative estimate of drug-likeness (QED) is 0.382. The van der Waals surface area contributed by atoms with E-state index in [1.807, 2.05) is 12.1 Å². The van der Waals surface area contributed by atoms with Crippen LogP contribution in [0.2, 0.25) is 0 Å². The lowest BCUT2D eigenvalue weighted by Gasteiger charge is -2.34. The van der Waals surface area contributed by atoms with Crippen molar-refractivity contribution >= 4 is 11.9 Å². The fraction of sp³-hybridized carbons (Fsp3) is 0.440. The number of carbonyl (C=O) groups excluding carboxylic acids is 2. The highest BCUT2D eigenvalue weighted by Gasteiger charge is 2.35. The van der Waals surface area contributed by atoms with E-state index in [9.17, 15) is 9.59 Å². The standard InChI is InChI=1S/C19H18O5.C6H14O2/c1-19(2)13-7-5-11(17(20)22-3)9-15(13)24-16-10-12(18(21)23-4)6-8-14(16)19;1-2-3-4-5-6(7)8/h5-10H,1-4H3;6-8H,2-5H2,1H3. The first kappa shape index (κ1) is 25.4. The summed E-state index contributed by atoms with van der Waals surface area (Å²) in [7, 11) is 2.68. The van der Waals surface area contributed by atoms with Gasteiger partial charge in [-0.25, -0.2) is 9.59 Å². The molecule has 0 aromatic heterocycles. The number of aliphatic hydroxyl groups excluding tert-OH is 1. The van der Waals surface area contributed by atoms with Crippen molar-refractivity contribution in [2.75, 3.05) is 14.2 Å². The lowest BCUT2D eigenvalue weighted by molar-refractivity contribution is -0.0465. The lowest BCUT2D eigenvalue weighted by atomic mass is 9.75. The molecular weight excluding hydrogens is 412 g/mol. The third kappa shape index (κ3) is 5.87. The number of hydrogen-bond donors (Lipinski definition) is 2. The maximum absolute atomic E-state index is 11.7. The molecule has 0 saturated heterocycles. The summed E-state index contributed by atoms with van der Waals surface area (Å²) in [5.41, 5.74) is 2.44. The molecule has 0 saturated carbocycles. The van der Waals surface area contributed by atoms with E-state index in [2.05, 4.69) is 20.8 Å². The van der Waals surface area contributed by atoms with E-state index in [0.717, 1.165) is 30.4 Å². The van der Waals surface area contributed by atoms with Gasteiger partial charge in [0, 0.05) is 16.5 Å². The minimum atomic E-state index is -1.10. The number of unbranched alkanes of at least 4 members (excludes halogenated alkanes) is 2. The van der Waals surface area contributed by atoms with Gasteiger partial charge in [-0.1, -0.05) is 45.7 Å². The van der Waals surface area contributed by atoms with Crippen LogP contribution in [0.5, 0.6) is 11.5 Å². The average molecular weight is 445 g/mol. The third-order valence-electron chi connectivity index (χ3n) is 5.44. The monoisotopic (exact) mass is 444 g/mol. The molecule has 0 amide bonds. The number of aliphatic hydroxyl groups is 2. The molecule has 1 aliphatic rings. The van der Waals surface area contributed by atoms with Gasteiger partial charge >= 0.3 is 11.9 Å². The maximum atomic E-state index is 11.7. The van der Waals surface area contributed by atoms with Crippen molar-refractivity contribution in [3.05, 3.63) is 58.7 Å². The van der Waals surface area contributed by atoms with Gasteiger partial charge in [0.15, 0.2) is 6.29 Å². The highest BCUT2D eigenvalue weighted by molar-refractivity contribution is 5.91. The molecule has 0 spiro atoms. The second kappa shape index (κ2) is 11.1. The Morgan fingerprint density at radius 2 is 1.38 bits per heavy atom. The van der Waals surface area contributed by atoms with E-state index in [-0.39, 0.29) is 5.41 Å². The number of hydrogen-bond acceptors (Lipinski definition) is 7. The molecule has 0 radical (unpaired) electrons. The number of ether oxygens (including phenoxy) is 3. The minimum Gasteiger partial charge on any atom is -0.465 e. The number of methoxy groups -OCH3 is 2. The SMILES string of the molecule is CCCCCC(O)O.COC(=O)c1ccc2c(c1)Oc1cc(C(=O)OC)ccc1C2(C)C. The van der Waals surface area contributed by atoms with Crippen molar-refractivity contribution in [3.63, 3.8) is 0 Å². The highest BCUT2D eigenvalue weighted by Crippen LogP contribution is 2.48. The van der Waals surface area contributed by atoms with Crippen LogP contribution >= 0.6 is 0 Å². The molecule has 2 aromatic rings. The first-order valence-electron chi connectivity index (χ1n) is 10.6. The van der Waals surface area contributed by atoms with Gasteiger partial charge in [-0.2, -0.15) is 0 Å². The molecule has 1 heterocycles. The van der Waals surface area contributed by atoms with Crippen LogP contribution in [0.25, 0.3) is 0 Å². The molecule has 0 unspecified atom stereocenters. The van der Waals surface area contributed by atoms with Gasteiger partial charge in [0.25, 0.3) is 0 Å². The summed E-state index contributed by atoms with van der Waals surface area (Å²) in [5, 5.41) is 16.7. The Kier molecular flexibility index (Phi) is 8.80. The van der Waals surface area contributed by atoms with Crippen LogP contribution in [0.3, 0.4) is 0 Å². The maximum Gasteiger partial charge on any atom is 0.337 e. The highest BCUT2D eigenvalue weighted by atomic mass is 16.5. The Bertz CT molecular complexity index is 880. The smallest absolute Gasteiger partial charge is 0.337 e. The second-order valence-corrected chi connectivity index (χ2v) is 8.11. The fourth-order valence-electron chi connectivity index (χ4n) is 3.58. The van der Waals surface area contributed by atoms with Crippen molar-refractivity contribution in [2.24, 2.45) is 0 Å². The zero-order valence-electron chi connectivity index (χ0n) is 19.3. The molecule has 0 atom stereocenters. The van der Waals surface area contributed by atoms with Gasteiger partial charge in [0.1, 0.15) is 11.5 Å². The molecule has 32 heavy (non-hydrogen) atoms. The van der Waals surface area contributed by atoms with Gasteiger partial charge in [-0.15, -0.1) is 0 Å². The first-order valence-corrected chi connectivity index (χ1v) is 10.6. The predicted molar refractivity (Wildman–Crippen MR) is 120 cm³/mol. The first-order chi connectivity index (χ1) is 15.1. The van der Waals surface area contributed by atoms with Gasteiger partial charge in [-0.3, -0.25) is 0 Å². The van der Waals surface area contributed by atoms with Crippen molar-refractivity contribution in [1.82, 2.24) is 0 Å². The predicted octanol–water partition coefficient (Wildman–Crippen LogP) is 4.57. The van der Waals surface area contributed by atoms with E-state index in [0.29, 0.717) is 29.0 Å². The Balaban J connectivity index is 0.000000390. The summed E-state index contributed by atoms with van der Waals surface area (Å²) in [6.45, 7) is 6.23. The zero-order chi connectivity index (χ0) is 23.9. The minimum absolute atomic E-state index is 0.327. The Hall–Kier alpha value is -2.90. The van der Waals surface area contributed by atoms with Crippen LogP contribution in [0.1, 0.15) is 78.3 Å². The van der Waals surface area contributed by atoms with Crippen molar-refractivity contribution in [1.29, 1.82) is 0 Å². The summed E-state index contributed by atoms with van der Waals surface area (Å²) in [4.78, 5) is 23.5. The Labute approximate surface area is 188 Å². The number of esters is 2. The van der Waals surface area contributed by atoms with E-state index in [1.165, 1.54) is 14.2 Å². The molecule has 3 rings (SSSR count). The molecule has 174 valence electrons. The molecule has 7 heteroatoms. The van der Waals surface area contributed by atoms with Gasteiger partial charge < -0.3 is 24.4 Å². The van der Waals surface area contributed by atoms with E-state index in [4.69, 9.17) is 24.4 Å². The van der Waals surface area contributed by atoms with Crippen LogP contribution in [0.4, 0.5) is 0 Å². The van der Waals surface area contributed by atoms with Crippen LogP contribution in [0.15, 0.2) is 36.4 Å². The number of benzene rings is 2. The van der Waals surface area contributed by atoms with Gasteiger partial charge in [0.2, 0.25) is 0 Å². The molecule has 7 nitrogen and oxygen atoms in total. The lowest BCUT2D eigenvalue weighted by Crippen LogP contribution is -2.25. The van der Waals surface area contributed by atoms with Crippen LogP contribution < -0.4 is 4.74 Å². The van der Waals surface area contributed by atoms with E-state index < -0.39 is 18.2 Å². The average Bonchev–Trinajstić information content (AvgIpc) is 2.77. The van der Waals surface area contributed by atoms with Gasteiger partial charge in [-0.05, 0) is 37.1 Å². The summed E-state index contributed by atoms with van der Waals surface area (Å²) in [6.07, 6.45) is 2.58. The second-order valence-electron chi connectivity index (χ2n) is 8.11.